The van der Waals surface area contributed by atoms with Crippen molar-refractivity contribution in [3.8, 4) is 0 Å². The Labute approximate surface area is 144 Å². The number of nitrogens with zero attached hydrogens (tertiary/aromatic N) is 2. The number of amides is 1. The van der Waals surface area contributed by atoms with Crippen molar-refractivity contribution in [1.29, 1.82) is 0 Å². The second-order valence-corrected chi connectivity index (χ2v) is 6.30. The van der Waals surface area contributed by atoms with E-state index >= 15 is 0 Å². The van der Waals surface area contributed by atoms with Gasteiger partial charge in [-0.05, 0) is 32.9 Å². The predicted octanol–water partition coefficient (Wildman–Crippen LogP) is 3.51. The van der Waals surface area contributed by atoms with Crippen LogP contribution in [0, 0.1) is 5.82 Å². The highest BCUT2D eigenvalue weighted by atomic mass is 32.1. The molecular formula is C17H19FN2O3S. The summed E-state index contributed by atoms with van der Waals surface area (Å²) in [6.07, 6.45) is 0. The minimum Gasteiger partial charge on any atom is -0.461 e. The zero-order valence-corrected chi connectivity index (χ0v) is 14.6. The Bertz CT molecular complexity index is 730. The van der Waals surface area contributed by atoms with Gasteiger partial charge in [0, 0.05) is 11.4 Å². The number of carbonyl (C=O) groups excluding carboxylic acids is 2. The normalized spacial score (nSPS) is 10.7. The molecule has 0 fully saturated rings. The van der Waals surface area contributed by atoms with Gasteiger partial charge in [0.15, 0.2) is 5.69 Å². The second kappa shape index (κ2) is 8.01. The molecule has 0 aliphatic carbocycles. The quantitative estimate of drug-likeness (QED) is 0.748. The summed E-state index contributed by atoms with van der Waals surface area (Å²) in [5.41, 5.74) is 0.243. The molecule has 1 aromatic heterocycles. The Kier molecular flexibility index (Phi) is 6.03. The summed E-state index contributed by atoms with van der Waals surface area (Å²) >= 11 is 1.27. The smallest absolute Gasteiger partial charge is 0.357 e. The average Bonchev–Trinajstić information content (AvgIpc) is 3.01. The summed E-state index contributed by atoms with van der Waals surface area (Å²) in [7, 11) is 0. The van der Waals surface area contributed by atoms with Crippen molar-refractivity contribution in [2.24, 2.45) is 0 Å². The molecule has 0 saturated heterocycles. The molecule has 1 amide bonds. The Morgan fingerprint density at radius 1 is 1.33 bits per heavy atom. The lowest BCUT2D eigenvalue weighted by Crippen LogP contribution is -2.36. The molecule has 0 bridgehead atoms. The van der Waals surface area contributed by atoms with E-state index in [4.69, 9.17) is 4.74 Å². The van der Waals surface area contributed by atoms with Gasteiger partial charge in [0.2, 0.25) is 0 Å². The van der Waals surface area contributed by atoms with E-state index in [2.05, 4.69) is 4.98 Å². The molecule has 0 aliphatic rings. The van der Waals surface area contributed by atoms with E-state index in [0.717, 1.165) is 0 Å². The largest absolute Gasteiger partial charge is 0.461 e. The van der Waals surface area contributed by atoms with Gasteiger partial charge in [-0.2, -0.15) is 0 Å². The summed E-state index contributed by atoms with van der Waals surface area (Å²) in [6, 6.07) is 5.73. The van der Waals surface area contributed by atoms with Crippen LogP contribution in [0.2, 0.25) is 0 Å². The summed E-state index contributed by atoms with van der Waals surface area (Å²) in [5.74, 6) is -1.45. The molecule has 1 aromatic carbocycles. The van der Waals surface area contributed by atoms with Crippen molar-refractivity contribution in [2.75, 3.05) is 6.61 Å². The van der Waals surface area contributed by atoms with Gasteiger partial charge in [-0.15, -0.1) is 11.3 Å². The van der Waals surface area contributed by atoms with Crippen LogP contribution in [0.4, 0.5) is 4.39 Å². The summed E-state index contributed by atoms with van der Waals surface area (Å²) < 4.78 is 18.8. The summed E-state index contributed by atoms with van der Waals surface area (Å²) in [4.78, 5) is 30.0. The molecule has 5 nitrogen and oxygen atoms in total. The maximum atomic E-state index is 13.9. The first kappa shape index (κ1) is 18.1. The van der Waals surface area contributed by atoms with Crippen molar-refractivity contribution in [3.63, 3.8) is 0 Å². The highest BCUT2D eigenvalue weighted by molar-refractivity contribution is 7.09. The first-order valence-corrected chi connectivity index (χ1v) is 8.49. The molecule has 0 aliphatic heterocycles. The number of hydrogen-bond acceptors (Lipinski definition) is 5. The van der Waals surface area contributed by atoms with Crippen LogP contribution in [-0.4, -0.2) is 34.4 Å². The molecule has 24 heavy (non-hydrogen) atoms. The van der Waals surface area contributed by atoms with E-state index in [0.29, 0.717) is 5.01 Å². The van der Waals surface area contributed by atoms with Crippen LogP contribution in [0.1, 0.15) is 46.6 Å². The second-order valence-electron chi connectivity index (χ2n) is 5.35. The number of rotatable bonds is 6. The number of benzene rings is 1. The maximum absolute atomic E-state index is 13.9. The van der Waals surface area contributed by atoms with Crippen molar-refractivity contribution >= 4 is 23.2 Å². The number of carbonyl (C=O) groups is 2. The fourth-order valence-corrected chi connectivity index (χ4v) is 2.87. The van der Waals surface area contributed by atoms with Gasteiger partial charge in [-0.3, -0.25) is 4.79 Å². The standard InChI is InChI=1S/C17H19FN2O3S/c1-4-23-17(22)14-10-24-15(19-14)9-20(11(2)3)16(21)12-7-5-6-8-13(12)18/h5-8,10-11H,4,9H2,1-3H3. The van der Waals surface area contributed by atoms with Gasteiger partial charge >= 0.3 is 5.97 Å². The van der Waals surface area contributed by atoms with Crippen molar-refractivity contribution in [2.45, 2.75) is 33.4 Å². The summed E-state index contributed by atoms with van der Waals surface area (Å²) in [5, 5.41) is 2.19. The van der Waals surface area contributed by atoms with E-state index in [1.54, 1.807) is 18.4 Å². The van der Waals surface area contributed by atoms with E-state index in [1.165, 1.54) is 34.4 Å². The van der Waals surface area contributed by atoms with Crippen LogP contribution >= 0.6 is 11.3 Å². The third kappa shape index (κ3) is 4.17. The highest BCUT2D eigenvalue weighted by Gasteiger charge is 2.23. The van der Waals surface area contributed by atoms with Crippen molar-refractivity contribution < 1.29 is 18.7 Å². The molecular weight excluding hydrogens is 331 g/mol. The van der Waals surface area contributed by atoms with Crippen LogP contribution in [0.5, 0.6) is 0 Å². The SMILES string of the molecule is CCOC(=O)c1csc(CN(C(=O)c2ccccc2F)C(C)C)n1. The van der Waals surface area contributed by atoms with Crippen LogP contribution in [0.25, 0.3) is 0 Å². The molecule has 2 rings (SSSR count). The number of halogens is 1. The minimum atomic E-state index is -0.556. The van der Waals surface area contributed by atoms with Gasteiger partial charge in [-0.25, -0.2) is 14.2 Å². The van der Waals surface area contributed by atoms with E-state index < -0.39 is 17.7 Å². The topological polar surface area (TPSA) is 59.5 Å². The molecule has 0 saturated carbocycles. The molecule has 2 aromatic rings. The average molecular weight is 350 g/mol. The fraction of sp³-hybridized carbons (Fsp3) is 0.353. The lowest BCUT2D eigenvalue weighted by atomic mass is 10.1. The van der Waals surface area contributed by atoms with Gasteiger partial charge in [-0.1, -0.05) is 12.1 Å². The number of esters is 1. The minimum absolute atomic E-state index is 0.0216. The van der Waals surface area contributed by atoms with Crippen LogP contribution in [0.3, 0.4) is 0 Å². The zero-order valence-electron chi connectivity index (χ0n) is 13.8. The van der Waals surface area contributed by atoms with Gasteiger partial charge in [0.25, 0.3) is 5.91 Å². The lowest BCUT2D eigenvalue weighted by Gasteiger charge is -2.26. The van der Waals surface area contributed by atoms with Gasteiger partial charge in [0.05, 0.1) is 18.7 Å². The fourth-order valence-electron chi connectivity index (χ4n) is 2.11. The van der Waals surface area contributed by atoms with Crippen LogP contribution in [0.15, 0.2) is 29.6 Å². The molecule has 0 spiro atoms. The third-order valence-electron chi connectivity index (χ3n) is 3.33. The highest BCUT2D eigenvalue weighted by Crippen LogP contribution is 2.18. The van der Waals surface area contributed by atoms with Crippen LogP contribution < -0.4 is 0 Å². The number of hydrogen-bond donors (Lipinski definition) is 0. The molecule has 0 atom stereocenters. The zero-order chi connectivity index (χ0) is 17.7. The van der Waals surface area contributed by atoms with E-state index in [9.17, 15) is 14.0 Å². The van der Waals surface area contributed by atoms with Crippen LogP contribution in [-0.2, 0) is 11.3 Å². The van der Waals surface area contributed by atoms with E-state index in [1.807, 2.05) is 13.8 Å². The third-order valence-corrected chi connectivity index (χ3v) is 4.16. The van der Waals surface area contributed by atoms with Crippen molar-refractivity contribution in [3.05, 3.63) is 51.7 Å². The van der Waals surface area contributed by atoms with Gasteiger partial charge in [0.1, 0.15) is 10.8 Å². The van der Waals surface area contributed by atoms with E-state index in [-0.39, 0.29) is 30.5 Å². The first-order chi connectivity index (χ1) is 11.4. The number of ether oxygens (including phenoxy) is 1. The Morgan fingerprint density at radius 3 is 2.67 bits per heavy atom. The monoisotopic (exact) mass is 350 g/mol. The predicted molar refractivity (Wildman–Crippen MR) is 89.5 cm³/mol. The maximum Gasteiger partial charge on any atom is 0.357 e. The number of aromatic nitrogens is 1. The Hall–Kier alpha value is -2.28. The number of thiazole rings is 1. The molecule has 0 radical (unpaired) electrons. The summed E-state index contributed by atoms with van der Waals surface area (Å²) in [6.45, 7) is 5.89. The molecule has 128 valence electrons. The molecule has 7 heteroatoms. The Morgan fingerprint density at radius 2 is 2.04 bits per heavy atom. The first-order valence-electron chi connectivity index (χ1n) is 7.61. The van der Waals surface area contributed by atoms with Crippen molar-refractivity contribution in [1.82, 2.24) is 9.88 Å². The Balaban J connectivity index is 2.19. The molecule has 1 heterocycles. The van der Waals surface area contributed by atoms with Gasteiger partial charge < -0.3 is 9.64 Å². The molecule has 0 unspecified atom stereocenters. The molecule has 0 N–H and O–H groups in total. The lowest BCUT2D eigenvalue weighted by molar-refractivity contribution is 0.0520.